The molecule has 2 aromatic rings. The summed E-state index contributed by atoms with van der Waals surface area (Å²) in [5.74, 6) is 2.08. The van der Waals surface area contributed by atoms with Gasteiger partial charge < -0.3 is 19.9 Å². The van der Waals surface area contributed by atoms with Crippen molar-refractivity contribution in [1.82, 2.24) is 19.9 Å². The molecular weight excluding hydrogens is 344 g/mol. The highest BCUT2D eigenvalue weighted by Gasteiger charge is 2.23. The number of piperazine rings is 1. The number of aryl methyl sites for hydroxylation is 1. The van der Waals surface area contributed by atoms with Crippen LogP contribution in [0.5, 0.6) is 5.88 Å². The second kappa shape index (κ2) is 8.66. The SMILES string of the molecule is CCNc1nc(C)cc(N2CCN(C(=O)c3ccc(OCC)nc3)CC2)n1. The first-order valence-electron chi connectivity index (χ1n) is 9.33. The average molecular weight is 370 g/mol. The number of pyridine rings is 1. The van der Waals surface area contributed by atoms with Crippen molar-refractivity contribution >= 4 is 17.7 Å². The first kappa shape index (κ1) is 18.9. The van der Waals surface area contributed by atoms with Crippen LogP contribution in [0.4, 0.5) is 11.8 Å². The summed E-state index contributed by atoms with van der Waals surface area (Å²) in [4.78, 5) is 29.9. The number of hydrogen-bond donors (Lipinski definition) is 1. The number of aromatic nitrogens is 3. The molecule has 1 N–H and O–H groups in total. The van der Waals surface area contributed by atoms with E-state index in [4.69, 9.17) is 4.74 Å². The number of amides is 1. The van der Waals surface area contributed by atoms with Gasteiger partial charge in [0.1, 0.15) is 5.82 Å². The molecule has 3 rings (SSSR count). The molecule has 0 unspecified atom stereocenters. The molecule has 0 bridgehead atoms. The smallest absolute Gasteiger partial charge is 0.255 e. The topological polar surface area (TPSA) is 83.5 Å². The van der Waals surface area contributed by atoms with Crippen molar-refractivity contribution in [2.45, 2.75) is 20.8 Å². The molecule has 0 atom stereocenters. The standard InChI is InChI=1S/C19H26N6O2/c1-4-20-19-22-14(3)12-16(23-19)24-8-10-25(11-9-24)18(26)15-6-7-17(21-13-15)27-5-2/h6-7,12-13H,4-5,8-11H2,1-3H3,(H,20,22,23). The lowest BCUT2D eigenvalue weighted by Crippen LogP contribution is -2.49. The van der Waals surface area contributed by atoms with E-state index in [-0.39, 0.29) is 5.91 Å². The summed E-state index contributed by atoms with van der Waals surface area (Å²) in [7, 11) is 0. The highest BCUT2D eigenvalue weighted by molar-refractivity contribution is 5.94. The van der Waals surface area contributed by atoms with Crippen LogP contribution in [-0.4, -0.2) is 65.1 Å². The zero-order valence-electron chi connectivity index (χ0n) is 16.1. The van der Waals surface area contributed by atoms with Crippen LogP contribution in [0.15, 0.2) is 24.4 Å². The summed E-state index contributed by atoms with van der Waals surface area (Å²) in [6, 6.07) is 5.48. The Morgan fingerprint density at radius 2 is 1.96 bits per heavy atom. The first-order valence-corrected chi connectivity index (χ1v) is 9.33. The van der Waals surface area contributed by atoms with E-state index in [1.54, 1.807) is 18.3 Å². The van der Waals surface area contributed by atoms with E-state index in [0.29, 0.717) is 37.1 Å². The van der Waals surface area contributed by atoms with Gasteiger partial charge in [-0.1, -0.05) is 0 Å². The van der Waals surface area contributed by atoms with Gasteiger partial charge in [0.05, 0.1) is 12.2 Å². The lowest BCUT2D eigenvalue weighted by atomic mass is 10.2. The molecule has 8 heteroatoms. The summed E-state index contributed by atoms with van der Waals surface area (Å²) in [5.41, 5.74) is 1.51. The molecule has 0 aliphatic carbocycles. The third kappa shape index (κ3) is 4.64. The van der Waals surface area contributed by atoms with Crippen LogP contribution in [0.25, 0.3) is 0 Å². The Kier molecular flexibility index (Phi) is 6.05. The monoisotopic (exact) mass is 370 g/mol. The summed E-state index contributed by atoms with van der Waals surface area (Å²) in [5, 5.41) is 3.16. The largest absolute Gasteiger partial charge is 0.478 e. The maximum absolute atomic E-state index is 12.7. The van der Waals surface area contributed by atoms with Crippen LogP contribution in [0.1, 0.15) is 29.9 Å². The second-order valence-corrected chi connectivity index (χ2v) is 6.32. The molecule has 0 radical (unpaired) electrons. The molecule has 1 saturated heterocycles. The van der Waals surface area contributed by atoms with Crippen LogP contribution >= 0.6 is 0 Å². The van der Waals surface area contributed by atoms with E-state index >= 15 is 0 Å². The summed E-state index contributed by atoms with van der Waals surface area (Å²) in [6.07, 6.45) is 1.58. The normalized spacial score (nSPS) is 14.2. The molecule has 0 saturated carbocycles. The van der Waals surface area contributed by atoms with Crippen LogP contribution < -0.4 is 15.0 Å². The van der Waals surface area contributed by atoms with Crippen LogP contribution in [-0.2, 0) is 0 Å². The lowest BCUT2D eigenvalue weighted by molar-refractivity contribution is 0.0746. The van der Waals surface area contributed by atoms with Crippen molar-refractivity contribution in [3.8, 4) is 5.88 Å². The number of ether oxygens (including phenoxy) is 1. The van der Waals surface area contributed by atoms with E-state index in [1.807, 2.05) is 31.7 Å². The minimum Gasteiger partial charge on any atom is -0.478 e. The fourth-order valence-electron chi connectivity index (χ4n) is 3.01. The maximum atomic E-state index is 12.7. The van der Waals surface area contributed by atoms with Gasteiger partial charge in [-0.25, -0.2) is 9.97 Å². The minimum absolute atomic E-state index is 0.00240. The second-order valence-electron chi connectivity index (χ2n) is 6.32. The first-order chi connectivity index (χ1) is 13.1. The van der Waals surface area contributed by atoms with Crippen molar-refractivity contribution in [3.63, 3.8) is 0 Å². The third-order valence-electron chi connectivity index (χ3n) is 4.34. The van der Waals surface area contributed by atoms with Gasteiger partial charge in [0.15, 0.2) is 0 Å². The molecular formula is C19H26N6O2. The van der Waals surface area contributed by atoms with Gasteiger partial charge >= 0.3 is 0 Å². The highest BCUT2D eigenvalue weighted by Crippen LogP contribution is 2.18. The Bertz CT molecular complexity index is 772. The van der Waals surface area contributed by atoms with Gasteiger partial charge in [-0.3, -0.25) is 4.79 Å². The summed E-state index contributed by atoms with van der Waals surface area (Å²) < 4.78 is 5.33. The van der Waals surface area contributed by atoms with E-state index in [0.717, 1.165) is 31.1 Å². The fourth-order valence-corrected chi connectivity index (χ4v) is 3.01. The Morgan fingerprint density at radius 3 is 2.59 bits per heavy atom. The van der Waals surface area contributed by atoms with Crippen molar-refractivity contribution in [2.75, 3.05) is 49.5 Å². The number of hydrogen-bond acceptors (Lipinski definition) is 7. The van der Waals surface area contributed by atoms with E-state index in [9.17, 15) is 4.79 Å². The van der Waals surface area contributed by atoms with Crippen molar-refractivity contribution in [3.05, 3.63) is 35.7 Å². The number of rotatable bonds is 6. The molecule has 0 spiro atoms. The third-order valence-corrected chi connectivity index (χ3v) is 4.34. The van der Waals surface area contributed by atoms with Gasteiger partial charge in [0.2, 0.25) is 11.8 Å². The van der Waals surface area contributed by atoms with Gasteiger partial charge in [-0.2, -0.15) is 4.98 Å². The molecule has 8 nitrogen and oxygen atoms in total. The predicted molar refractivity (Wildman–Crippen MR) is 104 cm³/mol. The molecule has 1 fully saturated rings. The Hall–Kier alpha value is -2.90. The maximum Gasteiger partial charge on any atom is 0.255 e. The Labute approximate surface area is 159 Å². The van der Waals surface area contributed by atoms with Crippen LogP contribution in [0.3, 0.4) is 0 Å². The number of carbonyl (C=O) groups is 1. The number of nitrogens with one attached hydrogen (secondary N) is 1. The molecule has 2 aromatic heterocycles. The van der Waals surface area contributed by atoms with Crippen molar-refractivity contribution < 1.29 is 9.53 Å². The number of anilines is 2. The van der Waals surface area contributed by atoms with Crippen LogP contribution in [0, 0.1) is 6.92 Å². The number of carbonyl (C=O) groups excluding carboxylic acids is 1. The molecule has 144 valence electrons. The minimum atomic E-state index is -0.00240. The zero-order chi connectivity index (χ0) is 19.2. The van der Waals surface area contributed by atoms with Gasteiger partial charge in [0, 0.05) is 56.7 Å². The molecule has 27 heavy (non-hydrogen) atoms. The quantitative estimate of drug-likeness (QED) is 0.832. The molecule has 0 aromatic carbocycles. The van der Waals surface area contributed by atoms with E-state index < -0.39 is 0 Å². The van der Waals surface area contributed by atoms with Crippen molar-refractivity contribution in [2.24, 2.45) is 0 Å². The van der Waals surface area contributed by atoms with Gasteiger partial charge in [-0.15, -0.1) is 0 Å². The zero-order valence-corrected chi connectivity index (χ0v) is 16.1. The summed E-state index contributed by atoms with van der Waals surface area (Å²) in [6.45, 7) is 9.98. The molecule has 1 aliphatic heterocycles. The molecule has 3 heterocycles. The fraction of sp³-hybridized carbons (Fsp3) is 0.474. The highest BCUT2D eigenvalue weighted by atomic mass is 16.5. The molecule has 1 aliphatic rings. The average Bonchev–Trinajstić information content (AvgIpc) is 2.68. The van der Waals surface area contributed by atoms with Crippen molar-refractivity contribution in [1.29, 1.82) is 0 Å². The Morgan fingerprint density at radius 1 is 1.19 bits per heavy atom. The summed E-state index contributed by atoms with van der Waals surface area (Å²) >= 11 is 0. The number of nitrogens with zero attached hydrogens (tertiary/aromatic N) is 5. The Balaban J connectivity index is 1.62. The van der Waals surface area contributed by atoms with E-state index in [2.05, 4.69) is 25.2 Å². The van der Waals surface area contributed by atoms with Gasteiger partial charge in [0.25, 0.3) is 5.91 Å². The van der Waals surface area contributed by atoms with E-state index in [1.165, 1.54) is 0 Å². The van der Waals surface area contributed by atoms with Gasteiger partial charge in [-0.05, 0) is 26.8 Å². The predicted octanol–water partition coefficient (Wildman–Crippen LogP) is 1.97. The lowest BCUT2D eigenvalue weighted by Gasteiger charge is -2.35. The van der Waals surface area contributed by atoms with Crippen LogP contribution in [0.2, 0.25) is 0 Å². The molecule has 1 amide bonds.